The Labute approximate surface area is 110 Å². The van der Waals surface area contributed by atoms with Crippen molar-refractivity contribution in [1.29, 1.82) is 0 Å². The fourth-order valence-corrected chi connectivity index (χ4v) is 2.13. The summed E-state index contributed by atoms with van der Waals surface area (Å²) in [5.41, 5.74) is 8.90. The van der Waals surface area contributed by atoms with Crippen molar-refractivity contribution in [2.24, 2.45) is 0 Å². The molecule has 0 spiro atoms. The maximum absolute atomic E-state index is 9.22. The quantitative estimate of drug-likeness (QED) is 0.745. The average molecular weight is 254 g/mol. The van der Waals surface area contributed by atoms with E-state index >= 15 is 0 Å². The van der Waals surface area contributed by atoms with Gasteiger partial charge in [0, 0.05) is 6.54 Å². The molecule has 0 saturated heterocycles. The summed E-state index contributed by atoms with van der Waals surface area (Å²) in [5.74, 6) is 0.746. The molecule has 0 bridgehead atoms. The smallest absolute Gasteiger partial charge is 0.159 e. The number of aromatic nitrogens is 3. The van der Waals surface area contributed by atoms with Crippen molar-refractivity contribution in [2.45, 2.75) is 6.54 Å². The Balaban J connectivity index is 2.21. The normalized spacial score (nSPS) is 11.0. The third-order valence-electron chi connectivity index (χ3n) is 2.99. The number of benzene rings is 1. The number of aliphatic hydroxyl groups excluding tert-OH is 1. The van der Waals surface area contributed by atoms with Crippen LogP contribution in [0.25, 0.3) is 22.6 Å². The summed E-state index contributed by atoms with van der Waals surface area (Å²) in [7, 11) is 0. The number of rotatable bonds is 3. The van der Waals surface area contributed by atoms with Gasteiger partial charge in [-0.3, -0.25) is 4.98 Å². The van der Waals surface area contributed by atoms with E-state index in [0.29, 0.717) is 12.2 Å². The highest BCUT2D eigenvalue weighted by Gasteiger charge is 2.12. The van der Waals surface area contributed by atoms with Gasteiger partial charge in [0.25, 0.3) is 0 Å². The lowest BCUT2D eigenvalue weighted by Crippen LogP contribution is -2.05. The van der Waals surface area contributed by atoms with Crippen molar-refractivity contribution in [2.75, 3.05) is 12.3 Å². The van der Waals surface area contributed by atoms with E-state index in [9.17, 15) is 5.11 Å². The molecule has 0 saturated carbocycles. The minimum absolute atomic E-state index is 0.0579. The minimum atomic E-state index is 0.0579. The van der Waals surface area contributed by atoms with Crippen LogP contribution in [0.5, 0.6) is 0 Å². The van der Waals surface area contributed by atoms with Crippen LogP contribution in [0.15, 0.2) is 42.6 Å². The molecule has 3 rings (SSSR count). The van der Waals surface area contributed by atoms with E-state index in [2.05, 4.69) is 9.97 Å². The zero-order valence-corrected chi connectivity index (χ0v) is 10.3. The standard InChI is InChI=1S/C14H14N4O/c15-10-5-6-12(16-9-10)14-17-11-3-1-2-4-13(11)18(14)7-8-19/h1-6,9,19H,7-8,15H2. The number of anilines is 1. The van der Waals surface area contributed by atoms with Crippen molar-refractivity contribution < 1.29 is 5.11 Å². The summed E-state index contributed by atoms with van der Waals surface area (Å²) >= 11 is 0. The Morgan fingerprint density at radius 2 is 2.00 bits per heavy atom. The number of nitrogens with zero attached hydrogens (tertiary/aromatic N) is 3. The van der Waals surface area contributed by atoms with Gasteiger partial charge in [-0.1, -0.05) is 12.1 Å². The van der Waals surface area contributed by atoms with Gasteiger partial charge in [0.2, 0.25) is 0 Å². The van der Waals surface area contributed by atoms with Crippen LogP contribution < -0.4 is 5.73 Å². The molecule has 0 amide bonds. The van der Waals surface area contributed by atoms with Gasteiger partial charge < -0.3 is 15.4 Å². The molecule has 2 aromatic heterocycles. The second-order valence-electron chi connectivity index (χ2n) is 4.28. The number of nitrogens with two attached hydrogens (primary N) is 1. The highest BCUT2D eigenvalue weighted by molar-refractivity contribution is 5.80. The Hall–Kier alpha value is -2.40. The molecule has 5 nitrogen and oxygen atoms in total. The largest absolute Gasteiger partial charge is 0.397 e. The van der Waals surface area contributed by atoms with Gasteiger partial charge in [0.05, 0.1) is 29.5 Å². The summed E-state index contributed by atoms with van der Waals surface area (Å²) in [6.07, 6.45) is 1.61. The number of pyridine rings is 1. The molecule has 5 heteroatoms. The Kier molecular flexibility index (Phi) is 2.89. The third-order valence-corrected chi connectivity index (χ3v) is 2.99. The van der Waals surface area contributed by atoms with E-state index in [1.807, 2.05) is 34.9 Å². The first-order valence-electron chi connectivity index (χ1n) is 6.07. The lowest BCUT2D eigenvalue weighted by Gasteiger charge is -2.06. The number of nitrogen functional groups attached to an aromatic ring is 1. The van der Waals surface area contributed by atoms with E-state index in [4.69, 9.17) is 5.73 Å². The minimum Gasteiger partial charge on any atom is -0.397 e. The van der Waals surface area contributed by atoms with Crippen molar-refractivity contribution in [3.63, 3.8) is 0 Å². The molecule has 2 heterocycles. The molecular weight excluding hydrogens is 240 g/mol. The Bertz CT molecular complexity index is 703. The van der Waals surface area contributed by atoms with Crippen LogP contribution in [-0.4, -0.2) is 26.2 Å². The molecule has 0 aliphatic rings. The molecule has 0 atom stereocenters. The van der Waals surface area contributed by atoms with E-state index in [1.165, 1.54) is 0 Å². The lowest BCUT2D eigenvalue weighted by atomic mass is 10.3. The van der Waals surface area contributed by atoms with Crippen LogP contribution in [0.1, 0.15) is 0 Å². The molecule has 0 aliphatic carbocycles. The predicted octanol–water partition coefficient (Wildman–Crippen LogP) is 1.67. The summed E-state index contributed by atoms with van der Waals surface area (Å²) in [5, 5.41) is 9.22. The second kappa shape index (κ2) is 4.70. The fourth-order valence-electron chi connectivity index (χ4n) is 2.13. The number of para-hydroxylation sites is 2. The van der Waals surface area contributed by atoms with Crippen LogP contribution in [0.4, 0.5) is 5.69 Å². The van der Waals surface area contributed by atoms with Gasteiger partial charge in [-0.15, -0.1) is 0 Å². The van der Waals surface area contributed by atoms with Crippen LogP contribution in [0, 0.1) is 0 Å². The molecule has 19 heavy (non-hydrogen) atoms. The van der Waals surface area contributed by atoms with E-state index in [0.717, 1.165) is 22.6 Å². The zero-order chi connectivity index (χ0) is 13.2. The van der Waals surface area contributed by atoms with E-state index in [-0.39, 0.29) is 6.61 Å². The zero-order valence-electron chi connectivity index (χ0n) is 10.3. The van der Waals surface area contributed by atoms with Crippen LogP contribution in [0.3, 0.4) is 0 Å². The summed E-state index contributed by atoms with van der Waals surface area (Å²) in [4.78, 5) is 8.88. The SMILES string of the molecule is Nc1ccc(-c2nc3ccccc3n2CCO)nc1. The molecule has 0 unspecified atom stereocenters. The van der Waals surface area contributed by atoms with Gasteiger partial charge in [-0.25, -0.2) is 4.98 Å². The lowest BCUT2D eigenvalue weighted by molar-refractivity contribution is 0.278. The molecule has 0 radical (unpaired) electrons. The predicted molar refractivity (Wildman–Crippen MR) is 74.5 cm³/mol. The Morgan fingerprint density at radius 1 is 1.16 bits per heavy atom. The van der Waals surface area contributed by atoms with E-state index < -0.39 is 0 Å². The number of hydrogen-bond donors (Lipinski definition) is 2. The number of aliphatic hydroxyl groups is 1. The average Bonchev–Trinajstić information content (AvgIpc) is 2.79. The van der Waals surface area contributed by atoms with Gasteiger partial charge >= 0.3 is 0 Å². The molecule has 0 fully saturated rings. The van der Waals surface area contributed by atoms with Gasteiger partial charge in [-0.2, -0.15) is 0 Å². The maximum Gasteiger partial charge on any atom is 0.159 e. The first kappa shape index (κ1) is 11.7. The highest BCUT2D eigenvalue weighted by atomic mass is 16.3. The first-order valence-corrected chi connectivity index (χ1v) is 6.07. The highest BCUT2D eigenvalue weighted by Crippen LogP contribution is 2.23. The maximum atomic E-state index is 9.22. The van der Waals surface area contributed by atoms with Gasteiger partial charge in [0.15, 0.2) is 5.82 Å². The molecule has 0 aliphatic heterocycles. The van der Waals surface area contributed by atoms with Crippen molar-refractivity contribution in [3.05, 3.63) is 42.6 Å². The fraction of sp³-hybridized carbons (Fsp3) is 0.143. The van der Waals surface area contributed by atoms with Crippen LogP contribution in [-0.2, 0) is 6.54 Å². The molecule has 96 valence electrons. The summed E-state index contributed by atoms with van der Waals surface area (Å²) < 4.78 is 1.97. The topological polar surface area (TPSA) is 77.0 Å². The number of fused-ring (bicyclic) bond motifs is 1. The summed E-state index contributed by atoms with van der Waals surface area (Å²) in [6, 6.07) is 11.5. The van der Waals surface area contributed by atoms with Gasteiger partial charge in [-0.05, 0) is 24.3 Å². The van der Waals surface area contributed by atoms with Crippen molar-refractivity contribution in [1.82, 2.24) is 14.5 Å². The molecular formula is C14H14N4O. The molecule has 3 aromatic rings. The van der Waals surface area contributed by atoms with Crippen molar-refractivity contribution >= 4 is 16.7 Å². The monoisotopic (exact) mass is 254 g/mol. The summed E-state index contributed by atoms with van der Waals surface area (Å²) in [6.45, 7) is 0.546. The third kappa shape index (κ3) is 2.04. The van der Waals surface area contributed by atoms with Crippen molar-refractivity contribution in [3.8, 4) is 11.5 Å². The first-order chi connectivity index (χ1) is 9.29. The Morgan fingerprint density at radius 3 is 2.74 bits per heavy atom. The number of hydrogen-bond acceptors (Lipinski definition) is 4. The van der Waals surface area contributed by atoms with E-state index in [1.54, 1.807) is 12.3 Å². The van der Waals surface area contributed by atoms with Gasteiger partial charge in [0.1, 0.15) is 5.69 Å². The molecule has 1 aromatic carbocycles. The second-order valence-corrected chi connectivity index (χ2v) is 4.28. The molecule has 3 N–H and O–H groups in total. The van der Waals surface area contributed by atoms with Crippen LogP contribution in [0.2, 0.25) is 0 Å². The number of imidazole rings is 1. The van der Waals surface area contributed by atoms with Crippen LogP contribution >= 0.6 is 0 Å².